The van der Waals surface area contributed by atoms with Crippen molar-refractivity contribution in [3.8, 4) is 0 Å². The van der Waals surface area contributed by atoms with E-state index in [1.54, 1.807) is 29.8 Å². The van der Waals surface area contributed by atoms with Gasteiger partial charge in [-0.3, -0.25) is 9.48 Å². The van der Waals surface area contributed by atoms with Gasteiger partial charge in [0.25, 0.3) is 0 Å². The van der Waals surface area contributed by atoms with Gasteiger partial charge in [-0.15, -0.1) is 0 Å². The highest BCUT2D eigenvalue weighted by Crippen LogP contribution is 2.30. The first-order valence-electron chi connectivity index (χ1n) is 7.17. The van der Waals surface area contributed by atoms with Crippen LogP contribution in [0, 0.1) is 6.92 Å². The molecule has 0 aliphatic heterocycles. The third-order valence-electron chi connectivity index (χ3n) is 4.03. The topological polar surface area (TPSA) is 58.4 Å². The summed E-state index contributed by atoms with van der Waals surface area (Å²) in [6.45, 7) is 2.22. The molecule has 0 unspecified atom stereocenters. The van der Waals surface area contributed by atoms with Gasteiger partial charge in [0.2, 0.25) is 5.91 Å². The van der Waals surface area contributed by atoms with Crippen LogP contribution in [-0.4, -0.2) is 44.9 Å². The number of nitrogens with zero attached hydrogens (tertiary/aromatic N) is 3. The van der Waals surface area contributed by atoms with Crippen LogP contribution in [0.1, 0.15) is 36.9 Å². The first kappa shape index (κ1) is 16.0. The Morgan fingerprint density at radius 1 is 1.52 bits per heavy atom. The smallest absolute Gasteiger partial charge is 0.246 e. The first-order valence-corrected chi connectivity index (χ1v) is 7.55. The van der Waals surface area contributed by atoms with Gasteiger partial charge in [-0.05, 0) is 25.8 Å². The van der Waals surface area contributed by atoms with Crippen molar-refractivity contribution in [1.29, 1.82) is 0 Å². The Hall–Kier alpha value is -1.33. The molecule has 1 aromatic rings. The highest BCUT2D eigenvalue weighted by molar-refractivity contribution is 6.31. The van der Waals surface area contributed by atoms with Crippen LogP contribution in [0.25, 0.3) is 6.08 Å². The molecule has 6 heteroatoms. The minimum atomic E-state index is -0.722. The number of hydrogen-bond donors (Lipinski definition) is 1. The van der Waals surface area contributed by atoms with Gasteiger partial charge in [-0.1, -0.05) is 24.4 Å². The van der Waals surface area contributed by atoms with Crippen molar-refractivity contribution in [1.82, 2.24) is 14.7 Å². The number of aliphatic hydroxyl groups is 1. The van der Waals surface area contributed by atoms with Crippen LogP contribution in [0.15, 0.2) is 6.08 Å². The van der Waals surface area contributed by atoms with Crippen LogP contribution in [0.2, 0.25) is 5.15 Å². The maximum atomic E-state index is 12.1. The van der Waals surface area contributed by atoms with Gasteiger partial charge in [-0.25, -0.2) is 0 Å². The van der Waals surface area contributed by atoms with Crippen LogP contribution in [0.4, 0.5) is 0 Å². The van der Waals surface area contributed by atoms with E-state index < -0.39 is 5.60 Å². The largest absolute Gasteiger partial charge is 0.388 e. The number of aromatic nitrogens is 2. The van der Waals surface area contributed by atoms with Crippen LogP contribution < -0.4 is 0 Å². The summed E-state index contributed by atoms with van der Waals surface area (Å²) >= 11 is 6.12. The van der Waals surface area contributed by atoms with Gasteiger partial charge in [0, 0.05) is 32.3 Å². The monoisotopic (exact) mass is 311 g/mol. The van der Waals surface area contributed by atoms with Crippen LogP contribution in [-0.2, 0) is 11.8 Å². The highest BCUT2D eigenvalue weighted by Gasteiger charge is 2.33. The maximum absolute atomic E-state index is 12.1. The van der Waals surface area contributed by atoms with Crippen molar-refractivity contribution in [2.24, 2.45) is 7.05 Å². The summed E-state index contributed by atoms with van der Waals surface area (Å²) in [6.07, 6.45) is 6.75. The molecule has 1 aliphatic carbocycles. The summed E-state index contributed by atoms with van der Waals surface area (Å²) in [4.78, 5) is 13.7. The lowest BCUT2D eigenvalue weighted by molar-refractivity contribution is -0.127. The highest BCUT2D eigenvalue weighted by atomic mass is 35.5. The summed E-state index contributed by atoms with van der Waals surface area (Å²) in [7, 11) is 3.47. The fourth-order valence-corrected chi connectivity index (χ4v) is 3.07. The lowest BCUT2D eigenvalue weighted by Crippen LogP contribution is -2.41. The zero-order valence-corrected chi connectivity index (χ0v) is 13.5. The fraction of sp³-hybridized carbons (Fsp3) is 0.600. The molecule has 1 amide bonds. The van der Waals surface area contributed by atoms with E-state index in [-0.39, 0.29) is 5.91 Å². The molecule has 1 N–H and O–H groups in total. The molecule has 0 atom stereocenters. The zero-order chi connectivity index (χ0) is 15.6. The van der Waals surface area contributed by atoms with Gasteiger partial charge in [-0.2, -0.15) is 5.10 Å². The van der Waals surface area contributed by atoms with Crippen molar-refractivity contribution >= 4 is 23.6 Å². The van der Waals surface area contributed by atoms with Crippen molar-refractivity contribution in [3.63, 3.8) is 0 Å². The third-order valence-corrected chi connectivity index (χ3v) is 4.48. The Morgan fingerprint density at radius 3 is 2.67 bits per heavy atom. The maximum Gasteiger partial charge on any atom is 0.246 e. The second-order valence-corrected chi connectivity index (χ2v) is 6.23. The van der Waals surface area contributed by atoms with Crippen LogP contribution in [0.5, 0.6) is 0 Å². The summed E-state index contributed by atoms with van der Waals surface area (Å²) < 4.78 is 1.58. The molecular weight excluding hydrogens is 290 g/mol. The van der Waals surface area contributed by atoms with Crippen LogP contribution >= 0.6 is 11.6 Å². The normalized spacial score (nSPS) is 17.6. The van der Waals surface area contributed by atoms with Crippen LogP contribution in [0.3, 0.4) is 0 Å². The van der Waals surface area contributed by atoms with Gasteiger partial charge in [0.15, 0.2) is 0 Å². The Labute approximate surface area is 130 Å². The standard InChI is InChI=1S/C15H22ClN3O2/c1-11-12(14(16)19(3)17-11)6-7-13(20)18(2)10-15(21)8-4-5-9-15/h6-7,21H,4-5,8-10H2,1-3H3/b7-6+. The van der Waals surface area contributed by atoms with Gasteiger partial charge in [0.05, 0.1) is 11.3 Å². The predicted molar refractivity (Wildman–Crippen MR) is 83.0 cm³/mol. The molecule has 5 nitrogen and oxygen atoms in total. The van der Waals surface area contributed by atoms with E-state index in [0.717, 1.165) is 36.9 Å². The molecule has 1 heterocycles. The molecule has 2 rings (SSSR count). The molecule has 0 aromatic carbocycles. The van der Waals surface area contributed by atoms with E-state index in [9.17, 15) is 9.90 Å². The van der Waals surface area contributed by atoms with Gasteiger partial charge in [0.1, 0.15) is 5.15 Å². The van der Waals surface area contributed by atoms with Crippen molar-refractivity contribution in [2.75, 3.05) is 13.6 Å². The van der Waals surface area contributed by atoms with E-state index in [1.165, 1.54) is 6.08 Å². The van der Waals surface area contributed by atoms with Crippen molar-refractivity contribution in [2.45, 2.75) is 38.2 Å². The molecule has 1 aliphatic rings. The summed E-state index contributed by atoms with van der Waals surface area (Å²) in [6, 6.07) is 0. The lowest BCUT2D eigenvalue weighted by Gasteiger charge is -2.27. The van der Waals surface area contributed by atoms with E-state index in [2.05, 4.69) is 5.10 Å². The number of carbonyl (C=O) groups is 1. The lowest BCUT2D eigenvalue weighted by atomic mass is 10.0. The molecular formula is C15H22ClN3O2. The zero-order valence-electron chi connectivity index (χ0n) is 12.8. The Kier molecular flexibility index (Phi) is 4.74. The van der Waals surface area contributed by atoms with E-state index >= 15 is 0 Å². The predicted octanol–water partition coefficient (Wildman–Crippen LogP) is 2.16. The summed E-state index contributed by atoms with van der Waals surface area (Å²) in [5.41, 5.74) is 0.809. The van der Waals surface area contributed by atoms with Gasteiger partial charge >= 0.3 is 0 Å². The average Bonchev–Trinajstić information content (AvgIpc) is 2.93. The SMILES string of the molecule is Cc1nn(C)c(Cl)c1/C=C/C(=O)N(C)CC1(O)CCCC1. The minimum Gasteiger partial charge on any atom is -0.388 e. The van der Waals surface area contributed by atoms with E-state index in [0.29, 0.717) is 11.7 Å². The fourth-order valence-electron chi connectivity index (χ4n) is 2.83. The quantitative estimate of drug-likeness (QED) is 0.867. The Balaban J connectivity index is 2.01. The molecule has 1 fully saturated rings. The molecule has 1 aromatic heterocycles. The summed E-state index contributed by atoms with van der Waals surface area (Å²) in [5.74, 6) is -0.144. The second kappa shape index (κ2) is 6.20. The molecule has 0 bridgehead atoms. The number of rotatable bonds is 4. The Bertz CT molecular complexity index is 560. The number of carbonyl (C=O) groups excluding carboxylic acids is 1. The number of likely N-dealkylation sites (N-methyl/N-ethyl adjacent to an activating group) is 1. The number of hydrogen-bond acceptors (Lipinski definition) is 3. The molecule has 21 heavy (non-hydrogen) atoms. The van der Waals surface area contributed by atoms with Crippen molar-refractivity contribution in [3.05, 3.63) is 22.5 Å². The number of halogens is 1. The van der Waals surface area contributed by atoms with Gasteiger partial charge < -0.3 is 10.0 Å². The molecule has 0 radical (unpaired) electrons. The van der Waals surface area contributed by atoms with E-state index in [4.69, 9.17) is 11.6 Å². The third kappa shape index (κ3) is 3.66. The van der Waals surface area contributed by atoms with Crippen molar-refractivity contribution < 1.29 is 9.90 Å². The minimum absolute atomic E-state index is 0.144. The molecule has 116 valence electrons. The number of amides is 1. The average molecular weight is 312 g/mol. The molecule has 0 spiro atoms. The molecule has 0 saturated heterocycles. The number of aryl methyl sites for hydroxylation is 2. The summed E-state index contributed by atoms with van der Waals surface area (Å²) in [5, 5.41) is 15.0. The molecule has 1 saturated carbocycles. The Morgan fingerprint density at radius 2 is 2.14 bits per heavy atom. The first-order chi connectivity index (χ1) is 9.82. The van der Waals surface area contributed by atoms with E-state index in [1.807, 2.05) is 6.92 Å². The second-order valence-electron chi connectivity index (χ2n) is 5.87.